The SMILES string of the molecule is Cc1c(C2CC2)cc(C(=O)Nc2ccc(-c3cc(C4CCN(C(=O)C(C)C)CC4)n4ncnc(N)c34)cc2)c(=O)n1-c1ncco1. The molecule has 5 heterocycles. The molecule has 0 bridgehead atoms. The van der Waals surface area contributed by atoms with Gasteiger partial charge in [0.1, 0.15) is 23.7 Å². The van der Waals surface area contributed by atoms with Gasteiger partial charge in [0.2, 0.25) is 5.91 Å². The van der Waals surface area contributed by atoms with Gasteiger partial charge in [0.15, 0.2) is 5.82 Å². The van der Waals surface area contributed by atoms with Crippen molar-refractivity contribution < 1.29 is 14.0 Å². The smallest absolute Gasteiger partial charge is 0.308 e. The Morgan fingerprint density at radius 3 is 2.41 bits per heavy atom. The quantitative estimate of drug-likeness (QED) is 0.260. The lowest BCUT2D eigenvalue weighted by molar-refractivity contribution is -0.135. The van der Waals surface area contributed by atoms with Crippen LogP contribution in [-0.4, -0.2) is 54.0 Å². The second-order valence-electron chi connectivity index (χ2n) is 12.5. The van der Waals surface area contributed by atoms with Crippen LogP contribution in [0.2, 0.25) is 0 Å². The molecular formula is C34H36N8O4. The van der Waals surface area contributed by atoms with Crippen LogP contribution in [0.25, 0.3) is 22.7 Å². The van der Waals surface area contributed by atoms with Crippen molar-refractivity contribution >= 4 is 28.8 Å². The Labute approximate surface area is 265 Å². The molecule has 7 rings (SSSR count). The summed E-state index contributed by atoms with van der Waals surface area (Å²) in [6.07, 6.45) is 8.02. The number of hydrogen-bond donors (Lipinski definition) is 2. The summed E-state index contributed by atoms with van der Waals surface area (Å²) in [7, 11) is 0. The molecule has 2 amide bonds. The molecule has 0 radical (unpaired) electrons. The fourth-order valence-corrected chi connectivity index (χ4v) is 6.55. The van der Waals surface area contributed by atoms with Crippen LogP contribution in [0.1, 0.15) is 78.7 Å². The number of nitrogen functional groups attached to an aromatic ring is 1. The van der Waals surface area contributed by atoms with E-state index in [4.69, 9.17) is 10.2 Å². The first-order valence-electron chi connectivity index (χ1n) is 15.7. The molecule has 46 heavy (non-hydrogen) atoms. The predicted octanol–water partition coefficient (Wildman–Crippen LogP) is 4.92. The maximum atomic E-state index is 13.5. The molecule has 2 fully saturated rings. The Hall–Kier alpha value is -5.26. The first kappa shape index (κ1) is 29.5. The van der Waals surface area contributed by atoms with Gasteiger partial charge in [-0.15, -0.1) is 0 Å². The number of benzene rings is 1. The van der Waals surface area contributed by atoms with Crippen LogP contribution in [0.5, 0.6) is 0 Å². The molecule has 0 unspecified atom stereocenters. The maximum Gasteiger partial charge on any atom is 0.308 e. The number of carbonyl (C=O) groups is 2. The number of rotatable bonds is 7. The highest BCUT2D eigenvalue weighted by Gasteiger charge is 2.31. The van der Waals surface area contributed by atoms with Gasteiger partial charge >= 0.3 is 6.01 Å². The first-order valence-corrected chi connectivity index (χ1v) is 15.7. The molecule has 12 nitrogen and oxygen atoms in total. The minimum Gasteiger partial charge on any atom is -0.432 e. The fraction of sp³-hybridized carbons (Fsp3) is 0.353. The number of oxazole rings is 1. The van der Waals surface area contributed by atoms with Crippen molar-refractivity contribution in [2.75, 3.05) is 24.1 Å². The predicted molar refractivity (Wildman–Crippen MR) is 173 cm³/mol. The zero-order valence-electron chi connectivity index (χ0n) is 26.1. The van der Waals surface area contributed by atoms with Crippen LogP contribution >= 0.6 is 0 Å². The maximum absolute atomic E-state index is 13.5. The Bertz CT molecular complexity index is 2000. The largest absolute Gasteiger partial charge is 0.432 e. The number of anilines is 2. The molecule has 1 aliphatic heterocycles. The van der Waals surface area contributed by atoms with Crippen molar-refractivity contribution in [3.05, 3.63) is 88.1 Å². The normalized spacial score (nSPS) is 15.5. The molecule has 0 atom stereocenters. The molecule has 236 valence electrons. The Kier molecular flexibility index (Phi) is 7.42. The minimum atomic E-state index is -0.503. The highest BCUT2D eigenvalue weighted by molar-refractivity contribution is 6.04. The van der Waals surface area contributed by atoms with Crippen molar-refractivity contribution in [2.24, 2.45) is 5.92 Å². The average Bonchev–Trinajstić information content (AvgIpc) is 3.60. The van der Waals surface area contributed by atoms with Crippen molar-refractivity contribution in [2.45, 2.75) is 58.3 Å². The van der Waals surface area contributed by atoms with Crippen molar-refractivity contribution in [3.8, 4) is 17.1 Å². The number of carbonyl (C=O) groups excluding carboxylic acids is 2. The second-order valence-corrected chi connectivity index (χ2v) is 12.5. The topological polar surface area (TPSA) is 154 Å². The fourth-order valence-electron chi connectivity index (χ4n) is 6.55. The Balaban J connectivity index is 1.16. The summed E-state index contributed by atoms with van der Waals surface area (Å²) in [4.78, 5) is 49.9. The third-order valence-corrected chi connectivity index (χ3v) is 9.14. The summed E-state index contributed by atoms with van der Waals surface area (Å²) < 4.78 is 8.67. The zero-order chi connectivity index (χ0) is 32.1. The van der Waals surface area contributed by atoms with Crippen LogP contribution in [0.3, 0.4) is 0 Å². The lowest BCUT2D eigenvalue weighted by atomic mass is 9.92. The van der Waals surface area contributed by atoms with Crippen LogP contribution in [0.15, 0.2) is 64.4 Å². The molecule has 12 heteroatoms. The van der Waals surface area contributed by atoms with Gasteiger partial charge in [-0.1, -0.05) is 26.0 Å². The van der Waals surface area contributed by atoms with Crippen molar-refractivity contribution in [1.82, 2.24) is 29.0 Å². The third kappa shape index (κ3) is 5.23. The summed E-state index contributed by atoms with van der Waals surface area (Å²) in [6, 6.07) is 11.4. The van der Waals surface area contributed by atoms with E-state index >= 15 is 0 Å². The summed E-state index contributed by atoms with van der Waals surface area (Å²) >= 11 is 0. The number of hydrogen-bond acceptors (Lipinski definition) is 8. The molecule has 1 aliphatic carbocycles. The molecule has 3 N–H and O–H groups in total. The first-order chi connectivity index (χ1) is 22.2. The van der Waals surface area contributed by atoms with Gasteiger partial charge < -0.3 is 20.4 Å². The number of amides is 2. The summed E-state index contributed by atoms with van der Waals surface area (Å²) in [5.41, 5.74) is 11.7. The number of nitrogens with one attached hydrogen (secondary N) is 1. The zero-order valence-corrected chi connectivity index (χ0v) is 26.1. The van der Waals surface area contributed by atoms with Crippen molar-refractivity contribution in [3.63, 3.8) is 0 Å². The molecule has 2 aliphatic rings. The number of nitrogens with two attached hydrogens (primary N) is 1. The number of aromatic nitrogens is 5. The highest BCUT2D eigenvalue weighted by atomic mass is 16.4. The molecule has 4 aromatic heterocycles. The van der Waals surface area contributed by atoms with Gasteiger partial charge in [0.05, 0.1) is 6.20 Å². The summed E-state index contributed by atoms with van der Waals surface area (Å²) in [5.74, 6) is 0.545. The second kappa shape index (κ2) is 11.6. The van der Waals surface area contributed by atoms with Gasteiger partial charge in [0.25, 0.3) is 11.5 Å². The van der Waals surface area contributed by atoms with E-state index in [1.54, 1.807) is 18.2 Å². The van der Waals surface area contributed by atoms with Crippen molar-refractivity contribution in [1.29, 1.82) is 0 Å². The van der Waals surface area contributed by atoms with E-state index in [0.29, 0.717) is 36.0 Å². The minimum absolute atomic E-state index is 0.0209. The van der Waals surface area contributed by atoms with E-state index in [1.165, 1.54) is 23.4 Å². The van der Waals surface area contributed by atoms with Gasteiger partial charge in [-0.05, 0) is 73.9 Å². The van der Waals surface area contributed by atoms with Gasteiger partial charge in [-0.3, -0.25) is 14.4 Å². The van der Waals surface area contributed by atoms with E-state index in [-0.39, 0.29) is 29.3 Å². The van der Waals surface area contributed by atoms with E-state index in [1.807, 2.05) is 42.3 Å². The molecule has 0 spiro atoms. The van der Waals surface area contributed by atoms with Gasteiger partial charge in [-0.25, -0.2) is 19.1 Å². The molecule has 1 saturated heterocycles. The number of pyridine rings is 1. The number of fused-ring (bicyclic) bond motifs is 1. The number of likely N-dealkylation sites (tertiary alicyclic amines) is 1. The summed E-state index contributed by atoms with van der Waals surface area (Å²) in [6.45, 7) is 7.12. The number of piperidine rings is 1. The van der Waals surface area contributed by atoms with Crippen LogP contribution in [0, 0.1) is 12.8 Å². The Morgan fingerprint density at radius 1 is 1.02 bits per heavy atom. The van der Waals surface area contributed by atoms with Gasteiger partial charge in [-0.2, -0.15) is 5.10 Å². The average molecular weight is 621 g/mol. The van der Waals surface area contributed by atoms with Crippen LogP contribution < -0.4 is 16.6 Å². The van der Waals surface area contributed by atoms with E-state index in [2.05, 4.69) is 26.4 Å². The lowest BCUT2D eigenvalue weighted by Gasteiger charge is -2.33. The monoisotopic (exact) mass is 620 g/mol. The van der Waals surface area contributed by atoms with Gasteiger partial charge in [0, 0.05) is 47.6 Å². The standard InChI is InChI=1S/C34H36N8O4/c1-19(2)32(44)40-13-10-23(11-14-40)28-17-26(29-30(35)37-18-38-42(28)29)22-6-8-24(9-7-22)39-31(43)27-16-25(21-4-5-21)20(3)41(33(27)45)34-36-12-15-46-34/h6-9,12,15-19,21,23H,4-5,10-11,13-14H2,1-3H3,(H,39,43)(H2,35,37,38). The van der Waals surface area contributed by atoms with E-state index < -0.39 is 11.5 Å². The highest BCUT2D eigenvalue weighted by Crippen LogP contribution is 2.42. The third-order valence-electron chi connectivity index (χ3n) is 9.14. The van der Waals surface area contributed by atoms with E-state index in [0.717, 1.165) is 53.8 Å². The van der Waals surface area contributed by atoms with Crippen LogP contribution in [0.4, 0.5) is 11.5 Å². The number of nitrogens with zero attached hydrogens (tertiary/aromatic N) is 6. The molecule has 1 saturated carbocycles. The Morgan fingerprint density at radius 2 is 1.76 bits per heavy atom. The molecular weight excluding hydrogens is 584 g/mol. The molecule has 5 aromatic rings. The molecule has 1 aromatic carbocycles. The van der Waals surface area contributed by atoms with E-state index in [9.17, 15) is 14.4 Å². The lowest BCUT2D eigenvalue weighted by Crippen LogP contribution is -2.40. The van der Waals surface area contributed by atoms with Crippen LogP contribution in [-0.2, 0) is 4.79 Å². The summed E-state index contributed by atoms with van der Waals surface area (Å²) in [5, 5.41) is 7.44.